The summed E-state index contributed by atoms with van der Waals surface area (Å²) in [6, 6.07) is 22.7. The maximum Gasteiger partial charge on any atom is 0.257 e. The third-order valence-electron chi connectivity index (χ3n) is 5.55. The molecule has 0 saturated heterocycles. The molecule has 0 amide bonds. The number of anilines is 1. The number of fused-ring (bicyclic) bond motifs is 1. The van der Waals surface area contributed by atoms with E-state index in [4.69, 9.17) is 4.99 Å². The van der Waals surface area contributed by atoms with Crippen LogP contribution in [0.1, 0.15) is 23.6 Å². The van der Waals surface area contributed by atoms with Crippen molar-refractivity contribution in [3.8, 4) is 0 Å². The highest BCUT2D eigenvalue weighted by molar-refractivity contribution is 7.92. The van der Waals surface area contributed by atoms with Gasteiger partial charge in [-0.05, 0) is 25.5 Å². The van der Waals surface area contributed by atoms with Gasteiger partial charge < -0.3 is 0 Å². The van der Waals surface area contributed by atoms with Gasteiger partial charge in [0.05, 0.1) is 28.6 Å². The fourth-order valence-electron chi connectivity index (χ4n) is 4.03. The summed E-state index contributed by atoms with van der Waals surface area (Å²) in [4.78, 5) is 4.94. The first-order chi connectivity index (χ1) is 17.2. The van der Waals surface area contributed by atoms with E-state index >= 15 is 0 Å². The predicted molar refractivity (Wildman–Crippen MR) is 141 cm³/mol. The number of aromatic nitrogens is 2. The number of allylic oxidation sites excluding steroid dienone is 1. The number of halogens is 2. The first-order valence-electron chi connectivity index (χ1n) is 11.3. The predicted octanol–water partition coefficient (Wildman–Crippen LogP) is 6.08. The van der Waals surface area contributed by atoms with Crippen molar-refractivity contribution >= 4 is 38.1 Å². The molecule has 0 N–H and O–H groups in total. The fraction of sp³-hybridized carbons (Fsp3) is 0.185. The van der Waals surface area contributed by atoms with Crippen LogP contribution in [0.5, 0.6) is 0 Å². The molecule has 0 fully saturated rings. The zero-order valence-corrected chi connectivity index (χ0v) is 21.0. The van der Waals surface area contributed by atoms with Crippen LogP contribution in [0.15, 0.2) is 90.1 Å². The first kappa shape index (κ1) is 25.2. The van der Waals surface area contributed by atoms with E-state index in [1.165, 1.54) is 6.20 Å². The average Bonchev–Trinajstić information content (AvgIpc) is 3.21. The second kappa shape index (κ2) is 10.4. The van der Waals surface area contributed by atoms with E-state index in [9.17, 15) is 17.2 Å². The van der Waals surface area contributed by atoms with Gasteiger partial charge in [0, 0.05) is 17.3 Å². The molecular formula is C27H26F2N4O2S. The van der Waals surface area contributed by atoms with Crippen LogP contribution in [0.2, 0.25) is 0 Å². The Morgan fingerprint density at radius 1 is 1.03 bits per heavy atom. The van der Waals surface area contributed by atoms with Crippen molar-refractivity contribution < 1.29 is 17.2 Å². The average molecular weight is 509 g/mol. The summed E-state index contributed by atoms with van der Waals surface area (Å²) in [5.41, 5.74) is 3.80. The van der Waals surface area contributed by atoms with Gasteiger partial charge >= 0.3 is 0 Å². The lowest BCUT2D eigenvalue weighted by atomic mass is 10.0. The summed E-state index contributed by atoms with van der Waals surface area (Å²) in [5.74, 6) is 0.0572. The summed E-state index contributed by atoms with van der Waals surface area (Å²) in [6.07, 6.45) is 1.26. The number of rotatable bonds is 8. The zero-order chi connectivity index (χ0) is 25.9. The molecule has 9 heteroatoms. The Balaban J connectivity index is 2.07. The summed E-state index contributed by atoms with van der Waals surface area (Å²) in [7, 11) is -3.78. The standard InChI is InChI=1S/C27H26F2N4O2S/c1-4-17-33(36(3,34)35)27-24-19(2)15-16-22(26(24)32(31-27)18-23(28)29)30-25(20-11-7-5-8-12-20)21-13-9-6-10-14-21/h4-17,23H,18H2,1-3H3/b17-4-. The van der Waals surface area contributed by atoms with Crippen molar-refractivity contribution in [2.24, 2.45) is 4.99 Å². The molecule has 0 saturated carbocycles. The third kappa shape index (κ3) is 5.21. The molecule has 36 heavy (non-hydrogen) atoms. The number of hydrogen-bond donors (Lipinski definition) is 0. The zero-order valence-electron chi connectivity index (χ0n) is 20.1. The highest BCUT2D eigenvalue weighted by Gasteiger charge is 2.26. The lowest BCUT2D eigenvalue weighted by molar-refractivity contribution is 0.123. The SMILES string of the molecule is C/C=C\N(c1nn(CC(F)F)c2c(N=C(c3ccccc3)c3ccccc3)ccc(C)c12)S(C)(=O)=O. The molecular weight excluding hydrogens is 482 g/mol. The van der Waals surface area contributed by atoms with Gasteiger partial charge in [-0.2, -0.15) is 5.10 Å². The Morgan fingerprint density at radius 2 is 1.61 bits per heavy atom. The second-order valence-electron chi connectivity index (χ2n) is 8.26. The summed E-state index contributed by atoms with van der Waals surface area (Å²) >= 11 is 0. The molecule has 0 spiro atoms. The van der Waals surface area contributed by atoms with Gasteiger partial charge in [0.2, 0.25) is 10.0 Å². The van der Waals surface area contributed by atoms with Crippen LogP contribution < -0.4 is 4.31 Å². The Hall–Kier alpha value is -3.85. The molecule has 186 valence electrons. The van der Waals surface area contributed by atoms with Crippen molar-refractivity contribution in [2.45, 2.75) is 26.8 Å². The van der Waals surface area contributed by atoms with Gasteiger partial charge in [0.25, 0.3) is 6.43 Å². The molecule has 4 aromatic rings. The van der Waals surface area contributed by atoms with Crippen molar-refractivity contribution in [1.29, 1.82) is 0 Å². The number of hydrogen-bond acceptors (Lipinski definition) is 4. The van der Waals surface area contributed by atoms with Crippen molar-refractivity contribution in [3.63, 3.8) is 0 Å². The Labute approximate surface area is 209 Å². The molecule has 0 aliphatic rings. The highest BCUT2D eigenvalue weighted by atomic mass is 32.2. The molecule has 4 rings (SSSR count). The van der Waals surface area contributed by atoms with Crippen molar-refractivity contribution in [1.82, 2.24) is 9.78 Å². The summed E-state index contributed by atoms with van der Waals surface area (Å²) in [5, 5.41) is 4.80. The quantitative estimate of drug-likeness (QED) is 0.271. The van der Waals surface area contributed by atoms with Gasteiger partial charge in [-0.15, -0.1) is 0 Å². The van der Waals surface area contributed by atoms with Gasteiger partial charge in [-0.25, -0.2) is 26.5 Å². The number of nitrogens with zero attached hydrogens (tertiary/aromatic N) is 4. The van der Waals surface area contributed by atoms with Gasteiger partial charge in [0.1, 0.15) is 6.54 Å². The van der Waals surface area contributed by atoms with E-state index < -0.39 is 23.0 Å². The number of aliphatic imine (C=N–C) groups is 1. The summed E-state index contributed by atoms with van der Waals surface area (Å²) in [6.45, 7) is 2.76. The monoisotopic (exact) mass is 508 g/mol. The minimum Gasteiger partial charge on any atom is -0.255 e. The van der Waals surface area contributed by atoms with E-state index in [1.54, 1.807) is 32.1 Å². The number of sulfonamides is 1. The lowest BCUT2D eigenvalue weighted by Crippen LogP contribution is -2.24. The number of alkyl halides is 2. The Morgan fingerprint density at radius 3 is 2.11 bits per heavy atom. The molecule has 1 aromatic heterocycles. The topological polar surface area (TPSA) is 67.6 Å². The minimum atomic E-state index is -3.78. The van der Waals surface area contributed by atoms with Crippen LogP contribution in [-0.4, -0.2) is 36.6 Å². The van der Waals surface area contributed by atoms with Crippen LogP contribution in [0.4, 0.5) is 20.3 Å². The maximum absolute atomic E-state index is 13.6. The molecule has 3 aromatic carbocycles. The van der Waals surface area contributed by atoms with Crippen LogP contribution >= 0.6 is 0 Å². The number of aryl methyl sites for hydroxylation is 1. The molecule has 0 aliphatic heterocycles. The molecule has 0 aliphatic carbocycles. The maximum atomic E-state index is 13.6. The van der Waals surface area contributed by atoms with E-state index in [2.05, 4.69) is 5.10 Å². The molecule has 1 heterocycles. The lowest BCUT2D eigenvalue weighted by Gasteiger charge is -2.16. The van der Waals surface area contributed by atoms with Crippen LogP contribution in [-0.2, 0) is 16.6 Å². The highest BCUT2D eigenvalue weighted by Crippen LogP contribution is 2.37. The van der Waals surface area contributed by atoms with E-state index in [-0.39, 0.29) is 5.82 Å². The van der Waals surface area contributed by atoms with Crippen LogP contribution in [0.25, 0.3) is 10.9 Å². The van der Waals surface area contributed by atoms with E-state index in [0.29, 0.717) is 27.9 Å². The van der Waals surface area contributed by atoms with Gasteiger partial charge in [-0.1, -0.05) is 72.8 Å². The normalized spacial score (nSPS) is 11.9. The van der Waals surface area contributed by atoms with Gasteiger partial charge in [-0.3, -0.25) is 4.68 Å². The molecule has 0 bridgehead atoms. The van der Waals surface area contributed by atoms with E-state index in [0.717, 1.165) is 26.4 Å². The Bertz CT molecular complexity index is 1490. The van der Waals surface area contributed by atoms with Crippen molar-refractivity contribution in [2.75, 3.05) is 10.6 Å². The molecule has 0 atom stereocenters. The van der Waals surface area contributed by atoms with Crippen molar-refractivity contribution in [3.05, 3.63) is 102 Å². The molecule has 0 radical (unpaired) electrons. The Kier molecular flexibility index (Phi) is 7.30. The molecule has 6 nitrogen and oxygen atoms in total. The summed E-state index contributed by atoms with van der Waals surface area (Å²) < 4.78 is 54.6. The second-order valence-corrected chi connectivity index (χ2v) is 10.1. The van der Waals surface area contributed by atoms with Crippen LogP contribution in [0, 0.1) is 6.92 Å². The largest absolute Gasteiger partial charge is 0.257 e. The minimum absolute atomic E-state index is 0.0572. The van der Waals surface area contributed by atoms with E-state index in [1.807, 2.05) is 60.7 Å². The van der Waals surface area contributed by atoms with Crippen LogP contribution in [0.3, 0.4) is 0 Å². The fourth-order valence-corrected chi connectivity index (χ4v) is 4.81. The first-order valence-corrected chi connectivity index (χ1v) is 13.2. The number of benzene rings is 3. The third-order valence-corrected chi connectivity index (χ3v) is 6.56. The molecule has 0 unspecified atom stereocenters. The smallest absolute Gasteiger partial charge is 0.255 e. The van der Waals surface area contributed by atoms with Gasteiger partial charge in [0.15, 0.2) is 5.82 Å².